The van der Waals surface area contributed by atoms with Crippen LogP contribution in [0.1, 0.15) is 38.3 Å². The van der Waals surface area contributed by atoms with E-state index >= 15 is 0 Å². The van der Waals surface area contributed by atoms with Crippen molar-refractivity contribution in [1.82, 2.24) is 24.7 Å². The molecule has 0 bridgehead atoms. The molecule has 0 unspecified atom stereocenters. The largest absolute Gasteiger partial charge is 0.384 e. The highest BCUT2D eigenvalue weighted by Gasteiger charge is 2.46. The lowest BCUT2D eigenvalue weighted by atomic mass is 9.74. The van der Waals surface area contributed by atoms with Crippen LogP contribution in [0, 0.1) is 18.3 Å². The molecule has 3 aromatic rings. The minimum Gasteiger partial charge on any atom is -0.384 e. The molecule has 1 saturated heterocycles. The highest BCUT2D eigenvalue weighted by atomic mass is 16.1. The van der Waals surface area contributed by atoms with E-state index in [9.17, 15) is 4.79 Å². The number of fused-ring (bicyclic) bond motifs is 1. The molecule has 5 N–H and O–H groups in total. The number of aromatic nitrogens is 5. The molecular formula is C22H30N8O. The number of hydrogen-bond donors (Lipinski definition) is 3. The van der Waals surface area contributed by atoms with Gasteiger partial charge in [0.2, 0.25) is 5.95 Å². The van der Waals surface area contributed by atoms with Gasteiger partial charge in [-0.25, -0.2) is 4.98 Å². The number of aryl methyl sites for hydroxylation is 1. The van der Waals surface area contributed by atoms with Gasteiger partial charge in [0.1, 0.15) is 11.2 Å². The molecule has 4 heterocycles. The predicted molar refractivity (Wildman–Crippen MR) is 122 cm³/mol. The summed E-state index contributed by atoms with van der Waals surface area (Å²) in [6.07, 6.45) is 4.38. The molecule has 9 heteroatoms. The van der Waals surface area contributed by atoms with Crippen LogP contribution in [0.15, 0.2) is 16.9 Å². The zero-order valence-electron chi connectivity index (χ0n) is 18.4. The Morgan fingerprint density at radius 1 is 1.23 bits per heavy atom. The van der Waals surface area contributed by atoms with E-state index in [1.807, 2.05) is 13.0 Å². The Kier molecular flexibility index (Phi) is 4.55. The SMILES string of the molecule is Cc1nc(N)ccc1-c1[nH]nc2nc(N3CCC4(CC3)C[C@@H](C)C[C@H]4N)n(C)c(=O)c12. The van der Waals surface area contributed by atoms with Gasteiger partial charge in [0, 0.05) is 37.4 Å². The van der Waals surface area contributed by atoms with Crippen molar-refractivity contribution in [2.45, 2.75) is 45.6 Å². The second kappa shape index (κ2) is 7.05. The maximum Gasteiger partial charge on any atom is 0.266 e. The third-order valence-corrected chi connectivity index (χ3v) is 7.39. The van der Waals surface area contributed by atoms with Gasteiger partial charge >= 0.3 is 0 Å². The summed E-state index contributed by atoms with van der Waals surface area (Å²) in [6, 6.07) is 3.85. The zero-order valence-corrected chi connectivity index (χ0v) is 18.4. The number of nitrogens with zero attached hydrogens (tertiary/aromatic N) is 5. The lowest BCUT2D eigenvalue weighted by Crippen LogP contribution is -2.48. The quantitative estimate of drug-likeness (QED) is 0.575. The van der Waals surface area contributed by atoms with Gasteiger partial charge in [0.25, 0.3) is 5.56 Å². The van der Waals surface area contributed by atoms with Gasteiger partial charge in [0.05, 0.1) is 5.69 Å². The van der Waals surface area contributed by atoms with Gasteiger partial charge in [-0.15, -0.1) is 0 Å². The number of rotatable bonds is 2. The van der Waals surface area contributed by atoms with E-state index in [0.29, 0.717) is 34.4 Å². The summed E-state index contributed by atoms with van der Waals surface area (Å²) in [7, 11) is 1.78. The topological polar surface area (TPSA) is 132 Å². The highest BCUT2D eigenvalue weighted by molar-refractivity contribution is 5.91. The van der Waals surface area contributed by atoms with Crippen LogP contribution in [-0.2, 0) is 7.05 Å². The lowest BCUT2D eigenvalue weighted by Gasteiger charge is -2.42. The number of hydrogen-bond acceptors (Lipinski definition) is 7. The number of piperidine rings is 1. The summed E-state index contributed by atoms with van der Waals surface area (Å²) in [5.41, 5.74) is 15.0. The molecule has 2 fully saturated rings. The van der Waals surface area contributed by atoms with Crippen molar-refractivity contribution in [3.63, 3.8) is 0 Å². The molecule has 2 aliphatic rings. The van der Waals surface area contributed by atoms with E-state index in [0.717, 1.165) is 43.6 Å². The molecule has 1 aliphatic carbocycles. The zero-order chi connectivity index (χ0) is 21.9. The van der Waals surface area contributed by atoms with E-state index < -0.39 is 0 Å². The Morgan fingerprint density at radius 2 is 1.97 bits per heavy atom. The summed E-state index contributed by atoms with van der Waals surface area (Å²) in [4.78, 5) is 24.6. The van der Waals surface area contributed by atoms with E-state index in [2.05, 4.69) is 27.0 Å². The Hall–Kier alpha value is -2.94. The van der Waals surface area contributed by atoms with Crippen LogP contribution >= 0.6 is 0 Å². The molecule has 0 radical (unpaired) electrons. The minimum absolute atomic E-state index is 0.119. The maximum absolute atomic E-state index is 13.3. The smallest absolute Gasteiger partial charge is 0.266 e. The molecule has 1 aliphatic heterocycles. The monoisotopic (exact) mass is 422 g/mol. The third kappa shape index (κ3) is 3.10. The van der Waals surface area contributed by atoms with Crippen molar-refractivity contribution < 1.29 is 0 Å². The van der Waals surface area contributed by atoms with E-state index in [1.165, 1.54) is 6.42 Å². The summed E-state index contributed by atoms with van der Waals surface area (Å²) < 4.78 is 1.64. The van der Waals surface area contributed by atoms with Crippen molar-refractivity contribution in [2.75, 3.05) is 23.7 Å². The normalized spacial score (nSPS) is 23.2. The fourth-order valence-electron chi connectivity index (χ4n) is 5.71. The summed E-state index contributed by atoms with van der Waals surface area (Å²) in [5, 5.41) is 7.82. The Labute approximate surface area is 180 Å². The molecule has 2 atom stereocenters. The summed E-state index contributed by atoms with van der Waals surface area (Å²) in [5.74, 6) is 1.80. The molecule has 1 saturated carbocycles. The fraction of sp³-hybridized carbons (Fsp3) is 0.545. The van der Waals surface area contributed by atoms with Gasteiger partial charge in [-0.3, -0.25) is 14.5 Å². The first kappa shape index (κ1) is 20.0. The van der Waals surface area contributed by atoms with Crippen LogP contribution in [0.4, 0.5) is 11.8 Å². The number of anilines is 2. The number of nitrogens with two attached hydrogens (primary N) is 2. The molecule has 1 spiro atoms. The molecular weight excluding hydrogens is 392 g/mol. The van der Waals surface area contributed by atoms with Crippen LogP contribution in [0.2, 0.25) is 0 Å². The van der Waals surface area contributed by atoms with Gasteiger partial charge in [-0.1, -0.05) is 6.92 Å². The molecule has 5 rings (SSSR count). The Bertz CT molecular complexity index is 1200. The van der Waals surface area contributed by atoms with Crippen molar-refractivity contribution in [1.29, 1.82) is 0 Å². The predicted octanol–water partition coefficient (Wildman–Crippen LogP) is 1.95. The third-order valence-electron chi connectivity index (χ3n) is 7.39. The summed E-state index contributed by atoms with van der Waals surface area (Å²) in [6.45, 7) is 5.87. The lowest BCUT2D eigenvalue weighted by molar-refractivity contribution is 0.192. The van der Waals surface area contributed by atoms with E-state index in [1.54, 1.807) is 17.7 Å². The molecule has 3 aromatic heterocycles. The standard InChI is InChI=1S/C22H30N8O/c1-12-10-15(23)22(11-12)6-8-30(9-7-22)21-26-19-17(20(31)29(21)3)18(27-28-19)14-4-5-16(24)25-13(14)2/h4-5,12,15H,6-11,23H2,1-3H3,(H2,24,25)(H,27,28)/t12-,15+/m0/s1. The van der Waals surface area contributed by atoms with Gasteiger partial charge in [-0.2, -0.15) is 10.1 Å². The van der Waals surface area contributed by atoms with Gasteiger partial charge < -0.3 is 16.4 Å². The molecule has 0 amide bonds. The molecule has 164 valence electrons. The van der Waals surface area contributed by atoms with Crippen LogP contribution in [0.5, 0.6) is 0 Å². The maximum atomic E-state index is 13.3. The number of nitrogens with one attached hydrogen (secondary N) is 1. The van der Waals surface area contributed by atoms with Crippen molar-refractivity contribution in [2.24, 2.45) is 24.1 Å². The number of nitrogen functional groups attached to an aromatic ring is 1. The molecule has 31 heavy (non-hydrogen) atoms. The van der Waals surface area contributed by atoms with E-state index in [-0.39, 0.29) is 17.0 Å². The van der Waals surface area contributed by atoms with Gasteiger partial charge in [0.15, 0.2) is 5.65 Å². The van der Waals surface area contributed by atoms with Gasteiger partial charge in [-0.05, 0) is 56.1 Å². The Balaban J connectivity index is 1.50. The summed E-state index contributed by atoms with van der Waals surface area (Å²) >= 11 is 0. The highest BCUT2D eigenvalue weighted by Crippen LogP contribution is 2.48. The molecule has 9 nitrogen and oxygen atoms in total. The average Bonchev–Trinajstić information content (AvgIpc) is 3.26. The minimum atomic E-state index is -0.119. The Morgan fingerprint density at radius 3 is 2.61 bits per heavy atom. The van der Waals surface area contributed by atoms with E-state index in [4.69, 9.17) is 16.5 Å². The second-order valence-electron chi connectivity index (χ2n) is 9.44. The van der Waals surface area contributed by atoms with Crippen LogP contribution in [0.3, 0.4) is 0 Å². The van der Waals surface area contributed by atoms with Crippen LogP contribution in [0.25, 0.3) is 22.3 Å². The first-order chi connectivity index (χ1) is 14.8. The van der Waals surface area contributed by atoms with Crippen molar-refractivity contribution in [3.8, 4) is 11.3 Å². The van der Waals surface area contributed by atoms with Crippen molar-refractivity contribution in [3.05, 3.63) is 28.2 Å². The van der Waals surface area contributed by atoms with Crippen LogP contribution < -0.4 is 21.9 Å². The first-order valence-electron chi connectivity index (χ1n) is 11.0. The van der Waals surface area contributed by atoms with Crippen LogP contribution in [-0.4, -0.2) is 43.9 Å². The number of aromatic amines is 1. The van der Waals surface area contributed by atoms with Crippen molar-refractivity contribution >= 4 is 22.8 Å². The first-order valence-corrected chi connectivity index (χ1v) is 11.0. The number of pyridine rings is 1. The second-order valence-corrected chi connectivity index (χ2v) is 9.44. The average molecular weight is 423 g/mol. The number of H-pyrrole nitrogens is 1. The fourth-order valence-corrected chi connectivity index (χ4v) is 5.71. The molecule has 0 aromatic carbocycles.